The van der Waals surface area contributed by atoms with Crippen molar-refractivity contribution < 1.29 is 4.79 Å². The number of hydrogen-bond acceptors (Lipinski definition) is 4. The van der Waals surface area contributed by atoms with Crippen LogP contribution in [0, 0.1) is 0 Å². The van der Waals surface area contributed by atoms with Crippen LogP contribution >= 0.6 is 11.6 Å². The maximum absolute atomic E-state index is 12.9. The van der Waals surface area contributed by atoms with Crippen LogP contribution in [-0.2, 0) is 6.42 Å². The number of aryl methyl sites for hydroxylation is 1. The highest BCUT2D eigenvalue weighted by Gasteiger charge is 2.33. The highest BCUT2D eigenvalue weighted by molar-refractivity contribution is 6.31. The van der Waals surface area contributed by atoms with Crippen molar-refractivity contribution in [3.63, 3.8) is 0 Å². The molecule has 3 heterocycles. The summed E-state index contributed by atoms with van der Waals surface area (Å²) in [4.78, 5) is 31.2. The van der Waals surface area contributed by atoms with E-state index in [1.54, 1.807) is 12.4 Å². The predicted octanol–water partition coefficient (Wildman–Crippen LogP) is 3.55. The fourth-order valence-electron chi connectivity index (χ4n) is 3.27. The molecule has 7 heteroatoms. The second kappa shape index (κ2) is 6.44. The van der Waals surface area contributed by atoms with Gasteiger partial charge in [-0.2, -0.15) is 0 Å². The number of amides is 1. The van der Waals surface area contributed by atoms with Crippen LogP contribution in [0.5, 0.6) is 0 Å². The summed E-state index contributed by atoms with van der Waals surface area (Å²) in [5, 5.41) is 0.662. The normalized spacial score (nSPS) is 17.4. The lowest BCUT2D eigenvalue weighted by Crippen LogP contribution is -2.31. The maximum atomic E-state index is 12.9. The Hall–Kier alpha value is -2.47. The monoisotopic (exact) mass is 355 g/mol. The fourth-order valence-corrected chi connectivity index (χ4v) is 3.44. The Bertz CT molecular complexity index is 921. The van der Waals surface area contributed by atoms with Crippen molar-refractivity contribution in [2.24, 2.45) is 0 Å². The van der Waals surface area contributed by atoms with Gasteiger partial charge < -0.3 is 9.88 Å². The number of H-pyrrole nitrogens is 1. The minimum Gasteiger partial charge on any atom is -0.340 e. The highest BCUT2D eigenvalue weighted by Crippen LogP contribution is 2.32. The number of carbonyl (C=O) groups excluding carboxylic acids is 1. The number of imidazole rings is 1. The van der Waals surface area contributed by atoms with Crippen molar-refractivity contribution in [2.45, 2.75) is 32.2 Å². The Labute approximate surface area is 150 Å². The average molecular weight is 356 g/mol. The molecule has 2 aromatic heterocycles. The van der Waals surface area contributed by atoms with E-state index in [4.69, 9.17) is 11.6 Å². The summed E-state index contributed by atoms with van der Waals surface area (Å²) >= 11 is 6.05. The van der Waals surface area contributed by atoms with Crippen LogP contribution in [0.1, 0.15) is 47.8 Å². The second-order valence-corrected chi connectivity index (χ2v) is 6.62. The molecular weight excluding hydrogens is 338 g/mol. The SMILES string of the molecule is CCc1ncc(C(=O)N2CCC[C@H]2c2nc3ccc(Cl)cc3[nH]2)cn1. The van der Waals surface area contributed by atoms with Crippen LogP contribution in [0.3, 0.4) is 0 Å². The first-order valence-electron chi connectivity index (χ1n) is 8.42. The summed E-state index contributed by atoms with van der Waals surface area (Å²) in [6.45, 7) is 2.69. The van der Waals surface area contributed by atoms with Crippen molar-refractivity contribution in [1.82, 2.24) is 24.8 Å². The van der Waals surface area contributed by atoms with Gasteiger partial charge in [-0.25, -0.2) is 15.0 Å². The molecule has 4 rings (SSSR count). The van der Waals surface area contributed by atoms with Gasteiger partial charge in [0.25, 0.3) is 5.91 Å². The number of likely N-dealkylation sites (tertiary alicyclic amines) is 1. The van der Waals surface area contributed by atoms with Gasteiger partial charge in [-0.1, -0.05) is 18.5 Å². The molecule has 1 fully saturated rings. The van der Waals surface area contributed by atoms with E-state index in [0.29, 0.717) is 17.1 Å². The van der Waals surface area contributed by atoms with Crippen molar-refractivity contribution in [3.8, 4) is 0 Å². The molecule has 6 nitrogen and oxygen atoms in total. The maximum Gasteiger partial charge on any atom is 0.257 e. The molecule has 1 saturated heterocycles. The Morgan fingerprint density at radius 1 is 1.36 bits per heavy atom. The molecule has 0 radical (unpaired) electrons. The molecule has 1 aliphatic rings. The molecule has 128 valence electrons. The van der Waals surface area contributed by atoms with Crippen molar-refractivity contribution in [2.75, 3.05) is 6.54 Å². The van der Waals surface area contributed by atoms with Crippen LogP contribution in [0.2, 0.25) is 5.02 Å². The van der Waals surface area contributed by atoms with Gasteiger partial charge in [-0.05, 0) is 31.0 Å². The van der Waals surface area contributed by atoms with Crippen molar-refractivity contribution in [1.29, 1.82) is 0 Å². The first-order valence-corrected chi connectivity index (χ1v) is 8.80. The number of rotatable bonds is 3. The minimum atomic E-state index is -0.0653. The predicted molar refractivity (Wildman–Crippen MR) is 95.5 cm³/mol. The summed E-state index contributed by atoms with van der Waals surface area (Å²) in [6.07, 6.45) is 5.81. The van der Waals surface area contributed by atoms with Crippen LogP contribution in [0.4, 0.5) is 0 Å². The molecule has 1 atom stereocenters. The zero-order valence-electron chi connectivity index (χ0n) is 13.9. The van der Waals surface area contributed by atoms with Crippen LogP contribution in [0.15, 0.2) is 30.6 Å². The molecule has 0 unspecified atom stereocenters. The smallest absolute Gasteiger partial charge is 0.257 e. The summed E-state index contributed by atoms with van der Waals surface area (Å²) in [5.74, 6) is 1.49. The minimum absolute atomic E-state index is 0.0522. The number of aromatic amines is 1. The zero-order chi connectivity index (χ0) is 17.4. The molecule has 25 heavy (non-hydrogen) atoms. The molecule has 3 aromatic rings. The molecule has 1 N–H and O–H groups in total. The molecule has 0 spiro atoms. The summed E-state index contributed by atoms with van der Waals surface area (Å²) in [6, 6.07) is 5.49. The first-order chi connectivity index (χ1) is 12.2. The van der Waals surface area contributed by atoms with E-state index in [1.807, 2.05) is 30.0 Å². The zero-order valence-corrected chi connectivity index (χ0v) is 14.6. The lowest BCUT2D eigenvalue weighted by atomic mass is 10.2. The number of halogens is 1. The van der Waals surface area contributed by atoms with E-state index in [1.165, 1.54) is 0 Å². The van der Waals surface area contributed by atoms with Crippen LogP contribution < -0.4 is 0 Å². The van der Waals surface area contributed by atoms with Crippen LogP contribution in [-0.4, -0.2) is 37.3 Å². The van der Waals surface area contributed by atoms with Gasteiger partial charge in [0.1, 0.15) is 11.6 Å². The average Bonchev–Trinajstić information content (AvgIpc) is 3.27. The summed E-state index contributed by atoms with van der Waals surface area (Å²) in [5.41, 5.74) is 2.26. The van der Waals surface area contributed by atoms with Crippen LogP contribution in [0.25, 0.3) is 11.0 Å². The third kappa shape index (κ3) is 2.98. The van der Waals surface area contributed by atoms with E-state index < -0.39 is 0 Å². The number of carbonyl (C=O) groups is 1. The fraction of sp³-hybridized carbons (Fsp3) is 0.333. The Kier molecular flexibility index (Phi) is 4.13. The van der Waals surface area contributed by atoms with Gasteiger partial charge in [-0.15, -0.1) is 0 Å². The lowest BCUT2D eigenvalue weighted by Gasteiger charge is -2.23. The van der Waals surface area contributed by atoms with Gasteiger partial charge in [0.2, 0.25) is 0 Å². The number of nitrogens with zero attached hydrogens (tertiary/aromatic N) is 4. The van der Waals surface area contributed by atoms with E-state index in [2.05, 4.69) is 19.9 Å². The standard InChI is InChI=1S/C18H18ClN5O/c1-2-16-20-9-11(10-21-16)18(25)24-7-3-4-15(24)17-22-13-6-5-12(19)8-14(13)23-17/h5-6,8-10,15H,2-4,7H2,1H3,(H,22,23)/t15-/m0/s1. The Morgan fingerprint density at radius 2 is 2.16 bits per heavy atom. The van der Waals surface area contributed by atoms with E-state index in [-0.39, 0.29) is 11.9 Å². The lowest BCUT2D eigenvalue weighted by molar-refractivity contribution is 0.0729. The Balaban J connectivity index is 1.63. The number of hydrogen-bond donors (Lipinski definition) is 1. The molecule has 0 saturated carbocycles. The number of benzene rings is 1. The molecule has 0 bridgehead atoms. The quantitative estimate of drug-likeness (QED) is 0.779. The van der Waals surface area contributed by atoms with E-state index in [9.17, 15) is 4.79 Å². The largest absolute Gasteiger partial charge is 0.340 e. The van der Waals surface area contributed by atoms with Gasteiger partial charge in [-0.3, -0.25) is 4.79 Å². The topological polar surface area (TPSA) is 74.8 Å². The molecular formula is C18H18ClN5O. The highest BCUT2D eigenvalue weighted by atomic mass is 35.5. The number of aromatic nitrogens is 4. The van der Waals surface area contributed by atoms with Gasteiger partial charge in [0, 0.05) is 30.4 Å². The van der Waals surface area contributed by atoms with Gasteiger partial charge in [0.05, 0.1) is 22.6 Å². The number of nitrogens with one attached hydrogen (secondary N) is 1. The Morgan fingerprint density at radius 3 is 2.92 bits per heavy atom. The van der Waals surface area contributed by atoms with Crippen molar-refractivity contribution >= 4 is 28.5 Å². The van der Waals surface area contributed by atoms with E-state index >= 15 is 0 Å². The van der Waals surface area contributed by atoms with Gasteiger partial charge in [0.15, 0.2) is 0 Å². The molecule has 1 amide bonds. The third-order valence-electron chi connectivity index (χ3n) is 4.56. The summed E-state index contributed by atoms with van der Waals surface area (Å²) in [7, 11) is 0. The van der Waals surface area contributed by atoms with Gasteiger partial charge >= 0.3 is 0 Å². The molecule has 0 aliphatic carbocycles. The third-order valence-corrected chi connectivity index (χ3v) is 4.80. The summed E-state index contributed by atoms with van der Waals surface area (Å²) < 4.78 is 0. The molecule has 1 aromatic carbocycles. The number of fused-ring (bicyclic) bond motifs is 1. The van der Waals surface area contributed by atoms with E-state index in [0.717, 1.165) is 41.9 Å². The second-order valence-electron chi connectivity index (χ2n) is 6.18. The molecule has 1 aliphatic heterocycles. The first kappa shape index (κ1) is 16.0. The van der Waals surface area contributed by atoms with Crippen molar-refractivity contribution in [3.05, 3.63) is 52.8 Å².